The number of hydrogen-bond acceptors (Lipinski definition) is 4. The van der Waals surface area contributed by atoms with Gasteiger partial charge in [-0.25, -0.2) is 0 Å². The number of hydrogen-bond donors (Lipinski definition) is 3. The molecule has 144 valence electrons. The molecule has 6 nitrogen and oxygen atoms in total. The number of amides is 2. The van der Waals surface area contributed by atoms with Gasteiger partial charge in [0.2, 0.25) is 5.91 Å². The molecule has 1 atom stereocenters. The van der Waals surface area contributed by atoms with Gasteiger partial charge in [-0.05, 0) is 55.8 Å². The van der Waals surface area contributed by atoms with Crippen LogP contribution in [0.5, 0.6) is 5.75 Å². The van der Waals surface area contributed by atoms with E-state index in [1.165, 1.54) is 7.11 Å². The second kappa shape index (κ2) is 9.83. The lowest BCUT2D eigenvalue weighted by molar-refractivity contribution is -0.114. The molecular weight excluding hydrogens is 366 g/mol. The van der Waals surface area contributed by atoms with Gasteiger partial charge >= 0.3 is 0 Å². The van der Waals surface area contributed by atoms with Crippen molar-refractivity contribution < 1.29 is 14.3 Å². The Morgan fingerprint density at radius 2 is 1.78 bits per heavy atom. The van der Waals surface area contributed by atoms with Crippen molar-refractivity contribution in [2.24, 2.45) is 0 Å². The molecule has 0 saturated heterocycles. The summed E-state index contributed by atoms with van der Waals surface area (Å²) in [6.07, 6.45) is 0.875. The summed E-state index contributed by atoms with van der Waals surface area (Å²) in [5, 5.41) is 9.11. The topological polar surface area (TPSA) is 79.5 Å². The lowest BCUT2D eigenvalue weighted by atomic mass is 10.1. The van der Waals surface area contributed by atoms with Crippen molar-refractivity contribution in [3.05, 3.63) is 53.1 Å². The molecule has 0 radical (unpaired) electrons. The standard InChI is InChI=1S/C20H24ClN3O3/c1-4-13(2)23-20(26)14-5-7-15(8-6-14)22-12-19(25)24-16-9-10-18(27-3)17(21)11-16/h5-11,13,22H,4,12H2,1-3H3,(H,23,26)(H,24,25). The number of methoxy groups -OCH3 is 1. The highest BCUT2D eigenvalue weighted by Crippen LogP contribution is 2.27. The molecule has 2 amide bonds. The molecular formula is C20H24ClN3O3. The molecule has 27 heavy (non-hydrogen) atoms. The van der Waals surface area contributed by atoms with Gasteiger partial charge in [-0.3, -0.25) is 9.59 Å². The third kappa shape index (κ3) is 6.18. The van der Waals surface area contributed by atoms with Gasteiger partial charge in [0.15, 0.2) is 0 Å². The van der Waals surface area contributed by atoms with E-state index in [1.807, 2.05) is 13.8 Å². The minimum atomic E-state index is -0.213. The molecule has 0 heterocycles. The van der Waals surface area contributed by atoms with Gasteiger partial charge in [-0.15, -0.1) is 0 Å². The van der Waals surface area contributed by atoms with Gasteiger partial charge in [0.1, 0.15) is 5.75 Å². The first-order chi connectivity index (χ1) is 12.9. The summed E-state index contributed by atoms with van der Waals surface area (Å²) in [5.41, 5.74) is 1.92. The van der Waals surface area contributed by atoms with E-state index in [1.54, 1.807) is 42.5 Å². The fourth-order valence-corrected chi connectivity index (χ4v) is 2.54. The number of carbonyl (C=O) groups excluding carboxylic acids is 2. The van der Waals surface area contributed by atoms with Crippen LogP contribution >= 0.6 is 11.6 Å². The van der Waals surface area contributed by atoms with Crippen molar-refractivity contribution >= 4 is 34.8 Å². The summed E-state index contributed by atoms with van der Waals surface area (Å²) in [4.78, 5) is 24.1. The fourth-order valence-electron chi connectivity index (χ4n) is 2.28. The van der Waals surface area contributed by atoms with Crippen molar-refractivity contribution in [1.82, 2.24) is 5.32 Å². The van der Waals surface area contributed by atoms with Crippen LogP contribution in [0.4, 0.5) is 11.4 Å². The number of ether oxygens (including phenoxy) is 1. The lowest BCUT2D eigenvalue weighted by Crippen LogP contribution is -2.31. The number of nitrogens with one attached hydrogen (secondary N) is 3. The Morgan fingerprint density at radius 1 is 1.11 bits per heavy atom. The van der Waals surface area contributed by atoms with Gasteiger partial charge in [-0.2, -0.15) is 0 Å². The molecule has 0 aliphatic carbocycles. The maximum absolute atomic E-state index is 12.1. The van der Waals surface area contributed by atoms with Crippen molar-refractivity contribution in [3.63, 3.8) is 0 Å². The van der Waals surface area contributed by atoms with E-state index in [0.717, 1.165) is 12.1 Å². The van der Waals surface area contributed by atoms with E-state index in [4.69, 9.17) is 16.3 Å². The smallest absolute Gasteiger partial charge is 0.251 e. The SMILES string of the molecule is CCC(C)NC(=O)c1ccc(NCC(=O)Nc2ccc(OC)c(Cl)c2)cc1. The molecule has 7 heteroatoms. The van der Waals surface area contributed by atoms with Crippen LogP contribution in [0.25, 0.3) is 0 Å². The average Bonchev–Trinajstić information content (AvgIpc) is 2.66. The van der Waals surface area contributed by atoms with Gasteiger partial charge in [0, 0.05) is 23.0 Å². The Kier molecular flexibility index (Phi) is 7.49. The highest BCUT2D eigenvalue weighted by atomic mass is 35.5. The van der Waals surface area contributed by atoms with E-state index in [0.29, 0.717) is 22.0 Å². The molecule has 0 saturated carbocycles. The van der Waals surface area contributed by atoms with Gasteiger partial charge in [0.25, 0.3) is 5.91 Å². The zero-order chi connectivity index (χ0) is 19.8. The molecule has 2 aromatic rings. The zero-order valence-corrected chi connectivity index (χ0v) is 16.4. The van der Waals surface area contributed by atoms with E-state index in [2.05, 4.69) is 16.0 Å². The Morgan fingerprint density at radius 3 is 2.37 bits per heavy atom. The maximum atomic E-state index is 12.1. The Bertz CT molecular complexity index is 794. The molecule has 0 spiro atoms. The van der Waals surface area contributed by atoms with Crippen LogP contribution in [0.1, 0.15) is 30.6 Å². The zero-order valence-electron chi connectivity index (χ0n) is 15.6. The predicted molar refractivity (Wildman–Crippen MR) is 109 cm³/mol. The minimum absolute atomic E-state index is 0.0854. The van der Waals surface area contributed by atoms with Crippen LogP contribution in [0.15, 0.2) is 42.5 Å². The van der Waals surface area contributed by atoms with Crippen LogP contribution < -0.4 is 20.7 Å². The first kappa shape index (κ1) is 20.6. The van der Waals surface area contributed by atoms with Crippen LogP contribution in [0.3, 0.4) is 0 Å². The predicted octanol–water partition coefficient (Wildman–Crippen LogP) is 3.93. The van der Waals surface area contributed by atoms with Crippen molar-refractivity contribution in [1.29, 1.82) is 0 Å². The normalized spacial score (nSPS) is 11.4. The van der Waals surface area contributed by atoms with Crippen molar-refractivity contribution in [2.75, 3.05) is 24.3 Å². The van der Waals surface area contributed by atoms with E-state index in [-0.39, 0.29) is 24.4 Å². The van der Waals surface area contributed by atoms with Crippen LogP contribution in [-0.4, -0.2) is 31.5 Å². The second-order valence-corrected chi connectivity index (χ2v) is 6.52. The maximum Gasteiger partial charge on any atom is 0.251 e. The van der Waals surface area contributed by atoms with Crippen LogP contribution in [-0.2, 0) is 4.79 Å². The average molecular weight is 390 g/mol. The molecule has 0 fully saturated rings. The third-order valence-electron chi connectivity index (χ3n) is 4.03. The summed E-state index contributed by atoms with van der Waals surface area (Å²) in [6, 6.07) is 12.1. The highest BCUT2D eigenvalue weighted by Gasteiger charge is 2.09. The molecule has 0 aliphatic rings. The molecule has 0 aromatic heterocycles. The summed E-state index contributed by atoms with van der Waals surface area (Å²) in [5.74, 6) is 0.227. The molecule has 3 N–H and O–H groups in total. The Hall–Kier alpha value is -2.73. The van der Waals surface area contributed by atoms with Gasteiger partial charge in [-0.1, -0.05) is 18.5 Å². The second-order valence-electron chi connectivity index (χ2n) is 6.11. The third-order valence-corrected chi connectivity index (χ3v) is 4.32. The first-order valence-corrected chi connectivity index (χ1v) is 9.09. The molecule has 0 bridgehead atoms. The Labute approximate surface area is 164 Å². The molecule has 0 aliphatic heterocycles. The van der Waals surface area contributed by atoms with Crippen LogP contribution in [0.2, 0.25) is 5.02 Å². The summed E-state index contributed by atoms with van der Waals surface area (Å²) in [7, 11) is 1.53. The van der Waals surface area contributed by atoms with Crippen LogP contribution in [0, 0.1) is 0 Å². The number of anilines is 2. The summed E-state index contributed by atoms with van der Waals surface area (Å²) >= 11 is 6.04. The molecule has 1 unspecified atom stereocenters. The number of carbonyl (C=O) groups is 2. The lowest BCUT2D eigenvalue weighted by Gasteiger charge is -2.12. The number of benzene rings is 2. The van der Waals surface area contributed by atoms with E-state index < -0.39 is 0 Å². The summed E-state index contributed by atoms with van der Waals surface area (Å²) in [6.45, 7) is 4.06. The first-order valence-electron chi connectivity index (χ1n) is 8.71. The van der Waals surface area contributed by atoms with Gasteiger partial charge in [0.05, 0.1) is 18.7 Å². The van der Waals surface area contributed by atoms with Gasteiger partial charge < -0.3 is 20.7 Å². The quantitative estimate of drug-likeness (QED) is 0.639. The van der Waals surface area contributed by atoms with Crippen molar-refractivity contribution in [3.8, 4) is 5.75 Å². The monoisotopic (exact) mass is 389 g/mol. The van der Waals surface area contributed by atoms with E-state index in [9.17, 15) is 9.59 Å². The fraction of sp³-hybridized carbons (Fsp3) is 0.300. The molecule has 2 aromatic carbocycles. The van der Waals surface area contributed by atoms with E-state index >= 15 is 0 Å². The Balaban J connectivity index is 1.86. The summed E-state index contributed by atoms with van der Waals surface area (Å²) < 4.78 is 5.08. The molecule has 2 rings (SSSR count). The highest BCUT2D eigenvalue weighted by molar-refractivity contribution is 6.32. The van der Waals surface area contributed by atoms with Crippen molar-refractivity contribution in [2.45, 2.75) is 26.3 Å². The minimum Gasteiger partial charge on any atom is -0.495 e. The number of halogens is 1. The number of rotatable bonds is 8. The largest absolute Gasteiger partial charge is 0.495 e.